The van der Waals surface area contributed by atoms with Crippen molar-refractivity contribution in [1.29, 1.82) is 0 Å². The lowest BCUT2D eigenvalue weighted by Gasteiger charge is -2.29. The molecule has 186 valence electrons. The van der Waals surface area contributed by atoms with E-state index < -0.39 is 36.5 Å². The Bertz CT molecular complexity index is 1350. The van der Waals surface area contributed by atoms with E-state index >= 15 is 0 Å². The highest BCUT2D eigenvalue weighted by Crippen LogP contribution is 2.40. The first kappa shape index (κ1) is 24.9. The second-order valence-corrected chi connectivity index (χ2v) is 8.05. The second kappa shape index (κ2) is 10.2. The number of aryl methyl sites for hydroxylation is 1. The highest BCUT2D eigenvalue weighted by atomic mass is 19.4. The molecular formula is C25H23F3N6O2. The van der Waals surface area contributed by atoms with Crippen LogP contribution in [0.3, 0.4) is 0 Å². The van der Waals surface area contributed by atoms with E-state index in [0.717, 1.165) is 15.8 Å². The summed E-state index contributed by atoms with van der Waals surface area (Å²) in [6.45, 7) is -0.426. The number of carbonyl (C=O) groups excluding carboxylic acids is 1. The van der Waals surface area contributed by atoms with Crippen molar-refractivity contribution in [1.82, 2.24) is 29.6 Å². The smallest absolute Gasteiger partial charge is 0.374 e. The third kappa shape index (κ3) is 5.20. The number of carbonyl (C=O) groups is 1. The van der Waals surface area contributed by atoms with Gasteiger partial charge in [-0.25, -0.2) is 9.67 Å². The molecule has 0 aliphatic rings. The minimum atomic E-state index is -4.97. The number of hydrogen-bond acceptors (Lipinski definition) is 5. The molecule has 1 amide bonds. The molecular weight excluding hydrogens is 473 g/mol. The largest absolute Gasteiger partial charge is 0.424 e. The first-order valence-corrected chi connectivity index (χ1v) is 11.0. The average molecular weight is 496 g/mol. The lowest BCUT2D eigenvalue weighted by atomic mass is 9.97. The quantitative estimate of drug-likeness (QED) is 0.363. The summed E-state index contributed by atoms with van der Waals surface area (Å²) < 4.78 is 43.7. The summed E-state index contributed by atoms with van der Waals surface area (Å²) in [5, 5.41) is 17.4. The molecule has 36 heavy (non-hydrogen) atoms. The van der Waals surface area contributed by atoms with Gasteiger partial charge in [-0.05, 0) is 30.3 Å². The third-order valence-electron chi connectivity index (χ3n) is 5.56. The van der Waals surface area contributed by atoms with Crippen LogP contribution in [0, 0.1) is 0 Å². The monoisotopic (exact) mass is 496 g/mol. The molecule has 0 bridgehead atoms. The fraction of sp³-hybridized carbons (Fsp3) is 0.200. The number of aromatic nitrogens is 5. The highest BCUT2D eigenvalue weighted by Gasteiger charge is 2.57. The van der Waals surface area contributed by atoms with E-state index in [9.17, 15) is 23.1 Å². The van der Waals surface area contributed by atoms with Crippen LogP contribution in [0.4, 0.5) is 13.2 Å². The molecule has 0 fully saturated rings. The molecule has 0 radical (unpaired) electrons. The topological polar surface area (TPSA) is 97.9 Å². The van der Waals surface area contributed by atoms with E-state index in [1.54, 1.807) is 29.3 Å². The zero-order valence-corrected chi connectivity index (χ0v) is 19.2. The number of rotatable bonds is 8. The molecule has 1 aromatic carbocycles. The summed E-state index contributed by atoms with van der Waals surface area (Å²) in [6, 6.07) is 13.0. The summed E-state index contributed by atoms with van der Waals surface area (Å²) in [4.78, 5) is 20.2. The zero-order valence-electron chi connectivity index (χ0n) is 19.2. The highest BCUT2D eigenvalue weighted by molar-refractivity contribution is 5.92. The fourth-order valence-electron chi connectivity index (χ4n) is 3.68. The van der Waals surface area contributed by atoms with E-state index in [0.29, 0.717) is 11.3 Å². The van der Waals surface area contributed by atoms with Gasteiger partial charge in [-0.15, -0.1) is 0 Å². The Morgan fingerprint density at radius 1 is 1.14 bits per heavy atom. The first-order chi connectivity index (χ1) is 17.2. The number of para-hydroxylation sites is 1. The minimum absolute atomic E-state index is 0.426. The maximum Gasteiger partial charge on any atom is 0.424 e. The van der Waals surface area contributed by atoms with E-state index in [1.807, 2.05) is 36.4 Å². The Balaban J connectivity index is 1.50. The van der Waals surface area contributed by atoms with Crippen LogP contribution in [0.5, 0.6) is 0 Å². The molecule has 0 aliphatic carbocycles. The molecule has 8 nitrogen and oxygen atoms in total. The lowest BCUT2D eigenvalue weighted by molar-refractivity contribution is -0.272. The Kier molecular flexibility index (Phi) is 7.02. The van der Waals surface area contributed by atoms with Crippen LogP contribution in [0.2, 0.25) is 0 Å². The van der Waals surface area contributed by atoms with Crippen molar-refractivity contribution in [2.45, 2.75) is 18.2 Å². The molecule has 4 aromatic rings. The van der Waals surface area contributed by atoms with Gasteiger partial charge in [0, 0.05) is 68.2 Å². The van der Waals surface area contributed by atoms with Crippen molar-refractivity contribution in [3.05, 3.63) is 90.9 Å². The molecule has 4 rings (SSSR count). The summed E-state index contributed by atoms with van der Waals surface area (Å²) >= 11 is 0. The number of nitrogens with one attached hydrogen (secondary N) is 1. The number of imidazole rings is 1. The molecule has 3 heterocycles. The van der Waals surface area contributed by atoms with Crippen LogP contribution >= 0.6 is 0 Å². The second-order valence-electron chi connectivity index (χ2n) is 8.05. The van der Waals surface area contributed by atoms with Gasteiger partial charge in [0.25, 0.3) is 0 Å². The number of nitrogens with zero attached hydrogens (tertiary/aromatic N) is 5. The van der Waals surface area contributed by atoms with Crippen molar-refractivity contribution in [3.8, 4) is 16.9 Å². The predicted molar refractivity (Wildman–Crippen MR) is 127 cm³/mol. The van der Waals surface area contributed by atoms with E-state index in [-0.39, 0.29) is 0 Å². The molecule has 0 saturated heterocycles. The summed E-state index contributed by atoms with van der Waals surface area (Å²) in [7, 11) is 1.36. The molecule has 2 N–H and O–H groups in total. The van der Waals surface area contributed by atoms with Gasteiger partial charge >= 0.3 is 6.18 Å². The van der Waals surface area contributed by atoms with Gasteiger partial charge in [0.2, 0.25) is 11.5 Å². The number of amides is 1. The first-order valence-electron chi connectivity index (χ1n) is 11.0. The van der Waals surface area contributed by atoms with Crippen molar-refractivity contribution >= 4 is 12.0 Å². The van der Waals surface area contributed by atoms with Gasteiger partial charge in [0.1, 0.15) is 11.5 Å². The number of pyridine rings is 1. The van der Waals surface area contributed by atoms with Gasteiger partial charge < -0.3 is 15.0 Å². The lowest BCUT2D eigenvalue weighted by Crippen LogP contribution is -2.46. The van der Waals surface area contributed by atoms with E-state index in [4.69, 9.17) is 0 Å². The number of aliphatic hydroxyl groups is 1. The Morgan fingerprint density at radius 2 is 1.92 bits per heavy atom. The van der Waals surface area contributed by atoms with Gasteiger partial charge in [0.05, 0.1) is 5.69 Å². The van der Waals surface area contributed by atoms with Crippen LogP contribution in [0.25, 0.3) is 23.0 Å². The van der Waals surface area contributed by atoms with Gasteiger partial charge in [-0.2, -0.15) is 18.3 Å². The number of hydrogen-bond donors (Lipinski definition) is 2. The average Bonchev–Trinajstić information content (AvgIpc) is 3.49. The molecule has 0 saturated carbocycles. The Hall–Kier alpha value is -4.25. The summed E-state index contributed by atoms with van der Waals surface area (Å²) in [5.41, 5.74) is -0.462. The molecule has 1 atom stereocenters. The van der Waals surface area contributed by atoms with E-state index in [1.165, 1.54) is 31.6 Å². The molecule has 0 spiro atoms. The van der Waals surface area contributed by atoms with E-state index in [2.05, 4.69) is 20.4 Å². The third-order valence-corrected chi connectivity index (χ3v) is 5.56. The molecule has 3 aromatic heterocycles. The SMILES string of the molecule is Cn1ccnc1C(O)(CCNC(=O)/C=C/c1cn(-c2ccccc2)nc1-c1cccnc1)C(F)(F)F. The van der Waals surface area contributed by atoms with Crippen molar-refractivity contribution in [2.24, 2.45) is 7.05 Å². The van der Waals surface area contributed by atoms with Gasteiger partial charge in [-0.3, -0.25) is 9.78 Å². The normalized spacial score (nSPS) is 13.6. The molecule has 11 heteroatoms. The van der Waals surface area contributed by atoms with Crippen LogP contribution in [0.15, 0.2) is 79.5 Å². The maximum absolute atomic E-state index is 13.6. The van der Waals surface area contributed by atoms with Gasteiger partial charge in [0.15, 0.2) is 0 Å². The molecule has 1 unspecified atom stereocenters. The summed E-state index contributed by atoms with van der Waals surface area (Å²) in [5.74, 6) is -1.17. The zero-order chi connectivity index (χ0) is 25.8. The number of halogens is 3. The maximum atomic E-state index is 13.6. The van der Waals surface area contributed by atoms with Crippen LogP contribution < -0.4 is 5.32 Å². The predicted octanol–water partition coefficient (Wildman–Crippen LogP) is 3.64. The Labute approximate surface area is 204 Å². The van der Waals surface area contributed by atoms with Crippen LogP contribution in [0.1, 0.15) is 17.8 Å². The fourth-order valence-corrected chi connectivity index (χ4v) is 3.68. The summed E-state index contributed by atoms with van der Waals surface area (Å²) in [6.07, 6.45) is 4.46. The van der Waals surface area contributed by atoms with Crippen LogP contribution in [-0.2, 0) is 17.4 Å². The number of alkyl halides is 3. The molecule has 0 aliphatic heterocycles. The Morgan fingerprint density at radius 3 is 2.56 bits per heavy atom. The minimum Gasteiger partial charge on any atom is -0.374 e. The van der Waals surface area contributed by atoms with Crippen molar-refractivity contribution in [2.75, 3.05) is 6.54 Å². The van der Waals surface area contributed by atoms with Gasteiger partial charge in [-0.1, -0.05) is 18.2 Å². The van der Waals surface area contributed by atoms with Crippen molar-refractivity contribution < 1.29 is 23.1 Å². The number of benzene rings is 1. The van der Waals surface area contributed by atoms with Crippen molar-refractivity contribution in [3.63, 3.8) is 0 Å². The van der Waals surface area contributed by atoms with Crippen LogP contribution in [-0.4, -0.2) is 48.1 Å². The standard InChI is InChI=1S/C25H23F3N6O2/c1-33-15-14-31-23(33)24(36,25(26,27)28)11-13-30-21(35)10-9-19-17-34(20-7-3-2-4-8-20)32-22(19)18-6-5-12-29-16-18/h2-10,12,14-17,36H,11,13H2,1H3,(H,30,35)/b10-9+.